The van der Waals surface area contributed by atoms with Gasteiger partial charge in [0.25, 0.3) is 5.91 Å². The van der Waals surface area contributed by atoms with Crippen LogP contribution in [0.5, 0.6) is 11.5 Å². The van der Waals surface area contributed by atoms with Gasteiger partial charge in [0.15, 0.2) is 0 Å². The Balaban J connectivity index is 1.80. The molecule has 0 bridgehead atoms. The minimum absolute atomic E-state index is 0.0344. The lowest BCUT2D eigenvalue weighted by Crippen LogP contribution is -2.36. The third-order valence-electron chi connectivity index (χ3n) is 4.98. The van der Waals surface area contributed by atoms with E-state index in [4.69, 9.17) is 9.47 Å². The molecule has 29 heavy (non-hydrogen) atoms. The zero-order chi connectivity index (χ0) is 20.9. The smallest absolute Gasteiger partial charge is 0.257 e. The van der Waals surface area contributed by atoms with Crippen LogP contribution < -0.4 is 14.2 Å². The van der Waals surface area contributed by atoms with Crippen LogP contribution in [0.4, 0.5) is 0 Å². The predicted molar refractivity (Wildman–Crippen MR) is 110 cm³/mol. The molecular weight excluding hydrogens is 392 g/mol. The second-order valence-electron chi connectivity index (χ2n) is 6.89. The molecule has 7 nitrogen and oxygen atoms in total. The minimum Gasteiger partial charge on any atom is -0.497 e. The van der Waals surface area contributed by atoms with Gasteiger partial charge in [-0.2, -0.15) is 0 Å². The van der Waals surface area contributed by atoms with E-state index < -0.39 is 10.0 Å². The van der Waals surface area contributed by atoms with Crippen LogP contribution in [-0.2, 0) is 16.6 Å². The zero-order valence-electron chi connectivity index (χ0n) is 16.7. The molecule has 0 radical (unpaired) electrons. The van der Waals surface area contributed by atoms with Gasteiger partial charge < -0.3 is 14.4 Å². The van der Waals surface area contributed by atoms with Gasteiger partial charge in [0.2, 0.25) is 10.0 Å². The molecule has 1 heterocycles. The minimum atomic E-state index is -3.79. The van der Waals surface area contributed by atoms with Crippen molar-refractivity contribution in [3.8, 4) is 11.5 Å². The van der Waals surface area contributed by atoms with Gasteiger partial charge in [-0.3, -0.25) is 4.79 Å². The summed E-state index contributed by atoms with van der Waals surface area (Å²) < 4.78 is 38.5. The van der Waals surface area contributed by atoms with Crippen LogP contribution in [0.25, 0.3) is 0 Å². The molecule has 8 heteroatoms. The quantitative estimate of drug-likeness (QED) is 0.747. The summed E-state index contributed by atoms with van der Waals surface area (Å²) in [5.74, 6) is 0.871. The van der Waals surface area contributed by atoms with Crippen LogP contribution in [0, 0.1) is 0 Å². The van der Waals surface area contributed by atoms with Crippen molar-refractivity contribution in [3.63, 3.8) is 0 Å². The van der Waals surface area contributed by atoms with E-state index in [9.17, 15) is 13.2 Å². The summed E-state index contributed by atoms with van der Waals surface area (Å²) in [4.78, 5) is 14.7. The Morgan fingerprint density at radius 2 is 1.69 bits per heavy atom. The Hall–Kier alpha value is -2.58. The second kappa shape index (κ2) is 9.28. The van der Waals surface area contributed by atoms with E-state index in [0.29, 0.717) is 24.6 Å². The number of hydrogen-bond acceptors (Lipinski definition) is 5. The third kappa shape index (κ3) is 5.07. The van der Waals surface area contributed by atoms with Crippen LogP contribution in [0.15, 0.2) is 47.4 Å². The Morgan fingerprint density at radius 1 is 1.00 bits per heavy atom. The Bertz CT molecular complexity index is 952. The Kier molecular flexibility index (Phi) is 6.76. The molecule has 2 aromatic carbocycles. The second-order valence-corrected chi connectivity index (χ2v) is 8.65. The number of methoxy groups -OCH3 is 2. The van der Waals surface area contributed by atoms with Gasteiger partial charge in [-0.15, -0.1) is 0 Å². The molecule has 0 spiro atoms. The van der Waals surface area contributed by atoms with E-state index >= 15 is 0 Å². The van der Waals surface area contributed by atoms with Gasteiger partial charge in [-0.25, -0.2) is 13.1 Å². The van der Waals surface area contributed by atoms with Crippen LogP contribution in [-0.4, -0.2) is 46.5 Å². The average Bonchev–Trinajstić information content (AvgIpc) is 2.77. The number of hydrogen-bond donors (Lipinski definition) is 1. The van der Waals surface area contributed by atoms with Gasteiger partial charge in [0.05, 0.1) is 24.7 Å². The molecule has 0 saturated carbocycles. The first-order valence-corrected chi connectivity index (χ1v) is 11.0. The van der Waals surface area contributed by atoms with Crippen molar-refractivity contribution in [2.45, 2.75) is 30.7 Å². The first kappa shape index (κ1) is 21.1. The maximum atomic E-state index is 12.9. The number of nitrogens with zero attached hydrogens (tertiary/aromatic N) is 1. The summed E-state index contributed by atoms with van der Waals surface area (Å²) >= 11 is 0. The SMILES string of the molecule is COc1ccc(CNS(=O)(=O)c2ccc(OC)c(C(=O)N3CCCCC3)c2)cc1. The molecule has 1 aliphatic heterocycles. The number of likely N-dealkylation sites (tertiary alicyclic amines) is 1. The first-order chi connectivity index (χ1) is 13.9. The number of rotatable bonds is 7. The molecule has 3 rings (SSSR count). The summed E-state index contributed by atoms with van der Waals surface area (Å²) in [6, 6.07) is 11.5. The standard InChI is InChI=1S/C21H26N2O5S/c1-27-17-8-6-16(7-9-17)15-22-29(25,26)18-10-11-20(28-2)19(14-18)21(24)23-12-4-3-5-13-23/h6-11,14,22H,3-5,12-13,15H2,1-2H3. The third-order valence-corrected chi connectivity index (χ3v) is 6.38. The van der Waals surface area contributed by atoms with E-state index in [-0.39, 0.29) is 22.9 Å². The normalized spacial score (nSPS) is 14.5. The van der Waals surface area contributed by atoms with Gasteiger partial charge in [0.1, 0.15) is 11.5 Å². The van der Waals surface area contributed by atoms with Gasteiger partial charge in [-0.05, 0) is 55.2 Å². The number of nitrogens with one attached hydrogen (secondary N) is 1. The highest BCUT2D eigenvalue weighted by molar-refractivity contribution is 7.89. The highest BCUT2D eigenvalue weighted by Crippen LogP contribution is 2.25. The van der Waals surface area contributed by atoms with Crippen LogP contribution in [0.1, 0.15) is 35.2 Å². The number of carbonyl (C=O) groups is 1. The fraction of sp³-hybridized carbons (Fsp3) is 0.381. The summed E-state index contributed by atoms with van der Waals surface area (Å²) in [6.07, 6.45) is 3.01. The van der Waals surface area contributed by atoms with E-state index in [2.05, 4.69) is 4.72 Å². The lowest BCUT2D eigenvalue weighted by Gasteiger charge is -2.27. The summed E-state index contributed by atoms with van der Waals surface area (Å²) in [7, 11) is -0.749. The number of ether oxygens (including phenoxy) is 2. The van der Waals surface area contributed by atoms with Gasteiger partial charge in [-0.1, -0.05) is 12.1 Å². The average molecular weight is 419 g/mol. The Morgan fingerprint density at radius 3 is 2.31 bits per heavy atom. The van der Waals surface area contributed by atoms with Crippen LogP contribution in [0.3, 0.4) is 0 Å². The van der Waals surface area contributed by atoms with E-state index in [1.807, 2.05) is 0 Å². The molecule has 0 unspecified atom stereocenters. The van der Waals surface area contributed by atoms with Crippen molar-refractivity contribution in [1.29, 1.82) is 0 Å². The van der Waals surface area contributed by atoms with Crippen LogP contribution in [0.2, 0.25) is 0 Å². The zero-order valence-corrected chi connectivity index (χ0v) is 17.5. The van der Waals surface area contributed by atoms with Crippen molar-refractivity contribution in [2.75, 3.05) is 27.3 Å². The molecule has 2 aromatic rings. The fourth-order valence-corrected chi connectivity index (χ4v) is 4.34. The van der Waals surface area contributed by atoms with E-state index in [1.54, 1.807) is 36.3 Å². The summed E-state index contributed by atoms with van der Waals surface area (Å²) in [5, 5.41) is 0. The highest BCUT2D eigenvalue weighted by atomic mass is 32.2. The van der Waals surface area contributed by atoms with Gasteiger partial charge in [0, 0.05) is 19.6 Å². The van der Waals surface area contributed by atoms with Crippen molar-refractivity contribution in [1.82, 2.24) is 9.62 Å². The fourth-order valence-electron chi connectivity index (χ4n) is 3.29. The lowest BCUT2D eigenvalue weighted by atomic mass is 10.1. The molecular formula is C21H26N2O5S. The maximum Gasteiger partial charge on any atom is 0.257 e. The first-order valence-electron chi connectivity index (χ1n) is 9.54. The van der Waals surface area contributed by atoms with Crippen molar-refractivity contribution in [2.24, 2.45) is 0 Å². The molecule has 156 valence electrons. The molecule has 0 aliphatic carbocycles. The van der Waals surface area contributed by atoms with Crippen molar-refractivity contribution >= 4 is 15.9 Å². The highest BCUT2D eigenvalue weighted by Gasteiger charge is 2.24. The number of carbonyl (C=O) groups excluding carboxylic acids is 1. The monoisotopic (exact) mass is 418 g/mol. The molecule has 1 amide bonds. The van der Waals surface area contributed by atoms with E-state index in [1.165, 1.54) is 25.3 Å². The van der Waals surface area contributed by atoms with Crippen molar-refractivity contribution in [3.05, 3.63) is 53.6 Å². The summed E-state index contributed by atoms with van der Waals surface area (Å²) in [5.41, 5.74) is 1.06. The number of piperidine rings is 1. The molecule has 1 aliphatic rings. The van der Waals surface area contributed by atoms with E-state index in [0.717, 1.165) is 24.8 Å². The predicted octanol–water partition coefficient (Wildman–Crippen LogP) is 2.81. The number of sulfonamides is 1. The largest absolute Gasteiger partial charge is 0.497 e. The molecule has 1 N–H and O–H groups in total. The lowest BCUT2D eigenvalue weighted by molar-refractivity contribution is 0.0720. The van der Waals surface area contributed by atoms with Crippen LogP contribution >= 0.6 is 0 Å². The Labute approximate surface area is 171 Å². The molecule has 0 aromatic heterocycles. The maximum absolute atomic E-state index is 12.9. The number of benzene rings is 2. The molecule has 1 fully saturated rings. The topological polar surface area (TPSA) is 84.9 Å². The van der Waals surface area contributed by atoms with Crippen molar-refractivity contribution < 1.29 is 22.7 Å². The summed E-state index contributed by atoms with van der Waals surface area (Å²) in [6.45, 7) is 1.48. The van der Waals surface area contributed by atoms with Gasteiger partial charge >= 0.3 is 0 Å². The molecule has 1 saturated heterocycles. The number of amides is 1. The molecule has 0 atom stereocenters.